The molecule has 1 aromatic rings. The fourth-order valence-electron chi connectivity index (χ4n) is 2.85. The number of nitrogens with zero attached hydrogens (tertiary/aromatic N) is 1. The maximum atomic E-state index is 9.00. The van der Waals surface area contributed by atoms with Crippen molar-refractivity contribution in [3.05, 3.63) is 34.9 Å². The molecule has 1 aromatic carbocycles. The van der Waals surface area contributed by atoms with E-state index < -0.39 is 0 Å². The lowest BCUT2D eigenvalue weighted by Crippen LogP contribution is -2.31. The number of hydrogen-bond acceptors (Lipinski definition) is 3. The fraction of sp³-hybridized carbons (Fsp3) is 0.625. The summed E-state index contributed by atoms with van der Waals surface area (Å²) >= 11 is 0. The molecule has 3 nitrogen and oxygen atoms in total. The molecular formula is C16H25NO2. The van der Waals surface area contributed by atoms with E-state index in [1.54, 1.807) is 0 Å². The quantitative estimate of drug-likeness (QED) is 0.781. The molecule has 106 valence electrons. The lowest BCUT2D eigenvalue weighted by atomic mass is 9.90. The van der Waals surface area contributed by atoms with Gasteiger partial charge < -0.3 is 10.2 Å². The SMILES string of the molecule is OCCN(CCO)CCc1ccc2c(c1)CCCC2. The Morgan fingerprint density at radius 1 is 0.895 bits per heavy atom. The second kappa shape index (κ2) is 7.63. The van der Waals surface area contributed by atoms with Crippen LogP contribution in [0.1, 0.15) is 29.5 Å². The molecule has 1 aliphatic carbocycles. The fourth-order valence-corrected chi connectivity index (χ4v) is 2.85. The standard InChI is InChI=1S/C16H25NO2/c18-11-9-17(10-12-19)8-7-14-5-6-15-3-1-2-4-16(15)13-14/h5-6,13,18-19H,1-4,7-12H2. The largest absolute Gasteiger partial charge is 0.395 e. The van der Waals surface area contributed by atoms with Crippen LogP contribution in [0.4, 0.5) is 0 Å². The van der Waals surface area contributed by atoms with Crippen molar-refractivity contribution in [2.75, 3.05) is 32.8 Å². The molecule has 3 heteroatoms. The van der Waals surface area contributed by atoms with Crippen molar-refractivity contribution in [1.82, 2.24) is 4.90 Å². The topological polar surface area (TPSA) is 43.7 Å². The minimum atomic E-state index is 0.157. The molecule has 2 N–H and O–H groups in total. The number of aliphatic hydroxyl groups is 2. The molecule has 0 saturated carbocycles. The van der Waals surface area contributed by atoms with Gasteiger partial charge in [0.05, 0.1) is 13.2 Å². The van der Waals surface area contributed by atoms with Crippen LogP contribution in [0.2, 0.25) is 0 Å². The van der Waals surface area contributed by atoms with Crippen molar-refractivity contribution in [2.45, 2.75) is 32.1 Å². The third-order valence-corrected chi connectivity index (χ3v) is 3.96. The van der Waals surface area contributed by atoms with Gasteiger partial charge in [-0.15, -0.1) is 0 Å². The van der Waals surface area contributed by atoms with Crippen LogP contribution in [0.5, 0.6) is 0 Å². The number of fused-ring (bicyclic) bond motifs is 1. The zero-order valence-electron chi connectivity index (χ0n) is 11.6. The number of rotatable bonds is 7. The monoisotopic (exact) mass is 263 g/mol. The molecule has 0 heterocycles. The lowest BCUT2D eigenvalue weighted by molar-refractivity contribution is 0.162. The van der Waals surface area contributed by atoms with Gasteiger partial charge in [0.1, 0.15) is 0 Å². The highest BCUT2D eigenvalue weighted by molar-refractivity contribution is 5.33. The van der Waals surface area contributed by atoms with Crippen molar-refractivity contribution < 1.29 is 10.2 Å². The first kappa shape index (κ1) is 14.5. The Balaban J connectivity index is 1.91. The van der Waals surface area contributed by atoms with E-state index in [0.29, 0.717) is 13.1 Å². The van der Waals surface area contributed by atoms with Crippen LogP contribution >= 0.6 is 0 Å². The molecule has 0 atom stereocenters. The maximum Gasteiger partial charge on any atom is 0.0558 e. The van der Waals surface area contributed by atoms with Crippen LogP contribution in [0.3, 0.4) is 0 Å². The van der Waals surface area contributed by atoms with E-state index in [1.807, 2.05) is 0 Å². The van der Waals surface area contributed by atoms with Gasteiger partial charge in [0, 0.05) is 19.6 Å². The van der Waals surface area contributed by atoms with Gasteiger partial charge >= 0.3 is 0 Å². The molecule has 0 aliphatic heterocycles. The van der Waals surface area contributed by atoms with Crippen LogP contribution < -0.4 is 0 Å². The number of hydrogen-bond donors (Lipinski definition) is 2. The molecule has 0 aromatic heterocycles. The summed E-state index contributed by atoms with van der Waals surface area (Å²) in [6, 6.07) is 6.87. The van der Waals surface area contributed by atoms with E-state index in [2.05, 4.69) is 23.1 Å². The summed E-state index contributed by atoms with van der Waals surface area (Å²) in [6.45, 7) is 2.51. The Morgan fingerprint density at radius 2 is 1.58 bits per heavy atom. The van der Waals surface area contributed by atoms with E-state index in [-0.39, 0.29) is 13.2 Å². The lowest BCUT2D eigenvalue weighted by Gasteiger charge is -2.21. The van der Waals surface area contributed by atoms with Gasteiger partial charge in [-0.2, -0.15) is 0 Å². The van der Waals surface area contributed by atoms with Crippen LogP contribution in [0, 0.1) is 0 Å². The Hall–Kier alpha value is -0.900. The first-order valence-corrected chi connectivity index (χ1v) is 7.38. The molecule has 0 bridgehead atoms. The normalized spacial score (nSPS) is 14.7. The number of aryl methyl sites for hydroxylation is 2. The molecule has 0 saturated heterocycles. The molecule has 0 unspecified atom stereocenters. The summed E-state index contributed by atoms with van der Waals surface area (Å²) in [4.78, 5) is 2.11. The van der Waals surface area contributed by atoms with E-state index >= 15 is 0 Å². The highest BCUT2D eigenvalue weighted by Crippen LogP contribution is 2.22. The first-order chi connectivity index (χ1) is 9.33. The molecule has 19 heavy (non-hydrogen) atoms. The van der Waals surface area contributed by atoms with Gasteiger partial charge in [0.15, 0.2) is 0 Å². The maximum absolute atomic E-state index is 9.00. The molecule has 0 fully saturated rings. The van der Waals surface area contributed by atoms with Crippen molar-refractivity contribution in [1.29, 1.82) is 0 Å². The summed E-state index contributed by atoms with van der Waals surface area (Å²) in [7, 11) is 0. The van der Waals surface area contributed by atoms with Crippen molar-refractivity contribution >= 4 is 0 Å². The first-order valence-electron chi connectivity index (χ1n) is 7.38. The van der Waals surface area contributed by atoms with Crippen molar-refractivity contribution in [3.8, 4) is 0 Å². The molecule has 0 radical (unpaired) electrons. The van der Waals surface area contributed by atoms with Crippen LogP contribution in [0.15, 0.2) is 18.2 Å². The average Bonchev–Trinajstić information content (AvgIpc) is 2.45. The average molecular weight is 263 g/mol. The summed E-state index contributed by atoms with van der Waals surface area (Å²) in [6.07, 6.45) is 6.09. The van der Waals surface area contributed by atoms with Gasteiger partial charge in [-0.05, 0) is 48.8 Å². The highest BCUT2D eigenvalue weighted by Gasteiger charge is 2.10. The van der Waals surface area contributed by atoms with Gasteiger partial charge in [-0.1, -0.05) is 18.2 Å². The number of benzene rings is 1. The van der Waals surface area contributed by atoms with Crippen molar-refractivity contribution in [2.24, 2.45) is 0 Å². The Labute approximate surface area is 115 Å². The van der Waals surface area contributed by atoms with E-state index in [1.165, 1.54) is 42.4 Å². The number of aliphatic hydroxyl groups excluding tert-OH is 2. The molecular weight excluding hydrogens is 238 g/mol. The summed E-state index contributed by atoms with van der Waals surface area (Å²) in [5.41, 5.74) is 4.43. The Kier molecular flexibility index (Phi) is 5.83. The molecule has 0 spiro atoms. The van der Waals surface area contributed by atoms with Crippen LogP contribution in [-0.2, 0) is 19.3 Å². The zero-order chi connectivity index (χ0) is 13.5. The summed E-state index contributed by atoms with van der Waals surface area (Å²) in [5, 5.41) is 18.0. The molecule has 0 amide bonds. The van der Waals surface area contributed by atoms with E-state index in [4.69, 9.17) is 10.2 Å². The highest BCUT2D eigenvalue weighted by atomic mass is 16.3. The third-order valence-electron chi connectivity index (χ3n) is 3.96. The Bertz CT molecular complexity index is 386. The zero-order valence-corrected chi connectivity index (χ0v) is 11.6. The third kappa shape index (κ3) is 4.30. The molecule has 2 rings (SSSR count). The van der Waals surface area contributed by atoms with Crippen LogP contribution in [0.25, 0.3) is 0 Å². The minimum Gasteiger partial charge on any atom is -0.395 e. The molecule has 1 aliphatic rings. The van der Waals surface area contributed by atoms with Gasteiger partial charge in [0.2, 0.25) is 0 Å². The Morgan fingerprint density at radius 3 is 2.26 bits per heavy atom. The predicted molar refractivity (Wildman–Crippen MR) is 77.4 cm³/mol. The van der Waals surface area contributed by atoms with E-state index in [9.17, 15) is 0 Å². The van der Waals surface area contributed by atoms with Crippen molar-refractivity contribution in [3.63, 3.8) is 0 Å². The predicted octanol–water partition coefficient (Wildman–Crippen LogP) is 1.39. The summed E-state index contributed by atoms with van der Waals surface area (Å²) < 4.78 is 0. The minimum absolute atomic E-state index is 0.157. The second-order valence-electron chi connectivity index (χ2n) is 5.35. The summed E-state index contributed by atoms with van der Waals surface area (Å²) in [5.74, 6) is 0. The van der Waals surface area contributed by atoms with Gasteiger partial charge in [-0.25, -0.2) is 0 Å². The second-order valence-corrected chi connectivity index (χ2v) is 5.35. The van der Waals surface area contributed by atoms with Gasteiger partial charge in [0.25, 0.3) is 0 Å². The van der Waals surface area contributed by atoms with E-state index in [0.717, 1.165) is 13.0 Å². The van der Waals surface area contributed by atoms with Gasteiger partial charge in [-0.3, -0.25) is 4.90 Å². The smallest absolute Gasteiger partial charge is 0.0558 e. The van der Waals surface area contributed by atoms with Crippen LogP contribution in [-0.4, -0.2) is 48.0 Å².